The van der Waals surface area contributed by atoms with E-state index in [4.69, 9.17) is 16.3 Å². The van der Waals surface area contributed by atoms with Crippen molar-refractivity contribution in [3.63, 3.8) is 0 Å². The van der Waals surface area contributed by atoms with Crippen LogP contribution < -0.4 is 10.2 Å². The molecule has 1 N–H and O–H groups in total. The van der Waals surface area contributed by atoms with E-state index in [9.17, 15) is 18.0 Å². The lowest BCUT2D eigenvalue weighted by atomic mass is 10.3. The lowest BCUT2D eigenvalue weighted by Gasteiger charge is -2.18. The summed E-state index contributed by atoms with van der Waals surface area (Å²) in [6.45, 7) is 3.63. The number of hydrogen-bond donors (Lipinski definition) is 1. The number of esters is 1. The van der Waals surface area contributed by atoms with Gasteiger partial charge in [0.1, 0.15) is 6.54 Å². The number of nitrogens with one attached hydrogen (secondary N) is 1. The number of amides is 1. The van der Waals surface area contributed by atoms with E-state index >= 15 is 0 Å². The summed E-state index contributed by atoms with van der Waals surface area (Å²) in [5.41, 5.74) is 0.383. The van der Waals surface area contributed by atoms with E-state index in [1.807, 2.05) is 0 Å². The molecule has 12 heteroatoms. The number of carbonyl (C=O) groups is 2. The van der Waals surface area contributed by atoms with Gasteiger partial charge in [0.2, 0.25) is 10.0 Å². The van der Waals surface area contributed by atoms with Crippen LogP contribution >= 0.6 is 11.6 Å². The molecule has 1 aromatic heterocycles. The van der Waals surface area contributed by atoms with Gasteiger partial charge in [-0.25, -0.2) is 8.42 Å². The third-order valence-corrected chi connectivity index (χ3v) is 6.49. The smallest absolute Gasteiger partial charge is 0.326 e. The molecule has 0 unspecified atom stereocenters. The van der Waals surface area contributed by atoms with Gasteiger partial charge in [0, 0.05) is 25.8 Å². The molecule has 0 aliphatic carbocycles. The van der Waals surface area contributed by atoms with Crippen molar-refractivity contribution in [3.8, 4) is 0 Å². The van der Waals surface area contributed by atoms with Crippen LogP contribution in [-0.4, -0.2) is 68.1 Å². The molecule has 1 heterocycles. The van der Waals surface area contributed by atoms with Crippen LogP contribution in [0.1, 0.15) is 13.8 Å². The second-order valence-electron chi connectivity index (χ2n) is 6.39. The van der Waals surface area contributed by atoms with Crippen molar-refractivity contribution in [1.29, 1.82) is 0 Å². The maximum absolute atomic E-state index is 12.5. The Labute approximate surface area is 186 Å². The van der Waals surface area contributed by atoms with E-state index < -0.39 is 28.5 Å². The Bertz CT molecular complexity index is 995. The molecule has 0 aliphatic heterocycles. The largest absolute Gasteiger partial charge is 0.454 e. The van der Waals surface area contributed by atoms with E-state index in [2.05, 4.69) is 15.5 Å². The minimum absolute atomic E-state index is 0.133. The van der Waals surface area contributed by atoms with Crippen molar-refractivity contribution < 1.29 is 22.7 Å². The number of halogens is 1. The molecule has 0 radical (unpaired) electrons. The second kappa shape index (κ2) is 11.0. The zero-order chi connectivity index (χ0) is 23.0. The zero-order valence-corrected chi connectivity index (χ0v) is 19.0. The lowest BCUT2D eigenvalue weighted by molar-refractivity contribution is -0.145. The molecule has 31 heavy (non-hydrogen) atoms. The molecule has 2 rings (SSSR count). The minimum Gasteiger partial charge on any atom is -0.454 e. The van der Waals surface area contributed by atoms with Crippen molar-refractivity contribution in [2.75, 3.05) is 43.5 Å². The number of rotatable bonds is 10. The highest BCUT2D eigenvalue weighted by atomic mass is 35.5. The third kappa shape index (κ3) is 6.88. The highest BCUT2D eigenvalue weighted by Crippen LogP contribution is 2.18. The van der Waals surface area contributed by atoms with Crippen LogP contribution in [0.3, 0.4) is 0 Å². The molecule has 0 saturated heterocycles. The average molecular weight is 470 g/mol. The van der Waals surface area contributed by atoms with Crippen LogP contribution in [0.2, 0.25) is 5.15 Å². The quantitative estimate of drug-likeness (QED) is 0.522. The number of carbonyl (C=O) groups excluding carboxylic acids is 2. The van der Waals surface area contributed by atoms with Crippen LogP contribution in [-0.2, 0) is 24.3 Å². The van der Waals surface area contributed by atoms with Crippen molar-refractivity contribution in [2.45, 2.75) is 18.7 Å². The molecule has 10 nitrogen and oxygen atoms in total. The summed E-state index contributed by atoms with van der Waals surface area (Å²) in [7, 11) is -1.96. The number of benzene rings is 1. The summed E-state index contributed by atoms with van der Waals surface area (Å²) < 4.78 is 31.3. The maximum Gasteiger partial charge on any atom is 0.326 e. The Kier molecular flexibility index (Phi) is 8.72. The van der Waals surface area contributed by atoms with Gasteiger partial charge in [0.05, 0.1) is 4.90 Å². The summed E-state index contributed by atoms with van der Waals surface area (Å²) in [5, 5.41) is 10.3. The van der Waals surface area contributed by atoms with Gasteiger partial charge >= 0.3 is 5.97 Å². The van der Waals surface area contributed by atoms with Crippen molar-refractivity contribution in [3.05, 3.63) is 41.6 Å². The number of anilines is 2. The van der Waals surface area contributed by atoms with Gasteiger partial charge in [-0.15, -0.1) is 10.2 Å². The number of nitrogens with zero attached hydrogens (tertiary/aromatic N) is 4. The molecule has 0 fully saturated rings. The van der Waals surface area contributed by atoms with Gasteiger partial charge in [-0.05, 0) is 36.4 Å². The Morgan fingerprint density at radius 2 is 1.71 bits per heavy atom. The highest BCUT2D eigenvalue weighted by molar-refractivity contribution is 7.89. The molecule has 1 aromatic carbocycles. The lowest BCUT2D eigenvalue weighted by Crippen LogP contribution is -2.30. The zero-order valence-electron chi connectivity index (χ0n) is 17.4. The number of aromatic nitrogens is 2. The third-order valence-electron chi connectivity index (χ3n) is 4.22. The molecule has 1 amide bonds. The summed E-state index contributed by atoms with van der Waals surface area (Å²) in [6, 6.07) is 8.91. The Morgan fingerprint density at radius 3 is 2.26 bits per heavy atom. The molecule has 0 spiro atoms. The Hall–Kier alpha value is -2.76. The highest BCUT2D eigenvalue weighted by Gasteiger charge is 2.21. The van der Waals surface area contributed by atoms with E-state index in [0.29, 0.717) is 24.6 Å². The van der Waals surface area contributed by atoms with Crippen LogP contribution in [0, 0.1) is 0 Å². The molecule has 0 atom stereocenters. The second-order valence-corrected chi connectivity index (χ2v) is 8.72. The monoisotopic (exact) mass is 469 g/mol. The summed E-state index contributed by atoms with van der Waals surface area (Å²) in [5.74, 6) is -0.762. The Balaban J connectivity index is 1.85. The van der Waals surface area contributed by atoms with Crippen molar-refractivity contribution >= 4 is 45.0 Å². The topological polar surface area (TPSA) is 122 Å². The van der Waals surface area contributed by atoms with E-state index in [-0.39, 0.29) is 16.6 Å². The molecular weight excluding hydrogens is 446 g/mol. The normalized spacial score (nSPS) is 11.3. The van der Waals surface area contributed by atoms with Gasteiger partial charge in [0.15, 0.2) is 17.6 Å². The summed E-state index contributed by atoms with van der Waals surface area (Å²) in [6.07, 6.45) is 0. The first-order chi connectivity index (χ1) is 14.7. The number of sulfonamides is 1. The van der Waals surface area contributed by atoms with Gasteiger partial charge in [0.25, 0.3) is 5.91 Å². The van der Waals surface area contributed by atoms with E-state index in [1.54, 1.807) is 27.0 Å². The fourth-order valence-electron chi connectivity index (χ4n) is 2.60. The van der Waals surface area contributed by atoms with Crippen LogP contribution in [0.5, 0.6) is 0 Å². The average Bonchev–Trinajstić information content (AvgIpc) is 2.74. The van der Waals surface area contributed by atoms with Crippen molar-refractivity contribution in [1.82, 2.24) is 14.5 Å². The minimum atomic E-state index is -3.58. The van der Waals surface area contributed by atoms with Crippen LogP contribution in [0.4, 0.5) is 11.5 Å². The molecule has 168 valence electrons. The molecule has 0 aliphatic rings. The Morgan fingerprint density at radius 1 is 1.06 bits per heavy atom. The summed E-state index contributed by atoms with van der Waals surface area (Å²) >= 11 is 5.67. The van der Waals surface area contributed by atoms with Crippen LogP contribution in [0.15, 0.2) is 41.3 Å². The molecular formula is C19H24ClN5O5S. The molecule has 0 saturated carbocycles. The van der Waals surface area contributed by atoms with Gasteiger partial charge in [-0.2, -0.15) is 4.31 Å². The first-order valence-corrected chi connectivity index (χ1v) is 11.2. The standard InChI is InChI=1S/C19H24ClN5O5S/c1-4-25(5-2)31(28,29)15-8-6-14(7-9-15)21-18(26)13-30-19(27)12-24(3)17-11-10-16(20)22-23-17/h6-11H,4-5,12-13H2,1-3H3,(H,21,26). The van der Waals surface area contributed by atoms with Crippen LogP contribution in [0.25, 0.3) is 0 Å². The molecule has 2 aromatic rings. The van der Waals surface area contributed by atoms with Gasteiger partial charge in [-0.1, -0.05) is 25.4 Å². The van der Waals surface area contributed by atoms with Crippen molar-refractivity contribution in [2.24, 2.45) is 0 Å². The first kappa shape index (κ1) is 24.5. The van der Waals surface area contributed by atoms with E-state index in [0.717, 1.165) is 0 Å². The number of hydrogen-bond acceptors (Lipinski definition) is 8. The predicted octanol–water partition coefficient (Wildman–Crippen LogP) is 1.78. The van der Waals surface area contributed by atoms with E-state index in [1.165, 1.54) is 39.5 Å². The first-order valence-electron chi connectivity index (χ1n) is 9.43. The fraction of sp³-hybridized carbons (Fsp3) is 0.368. The SMILES string of the molecule is CCN(CC)S(=O)(=O)c1ccc(NC(=O)COC(=O)CN(C)c2ccc(Cl)nn2)cc1. The summed E-state index contributed by atoms with van der Waals surface area (Å²) in [4.78, 5) is 25.6. The van der Waals surface area contributed by atoms with Gasteiger partial charge in [-0.3, -0.25) is 9.59 Å². The van der Waals surface area contributed by atoms with Gasteiger partial charge < -0.3 is 15.0 Å². The maximum atomic E-state index is 12.5. The molecule has 0 bridgehead atoms. The fourth-order valence-corrected chi connectivity index (χ4v) is 4.16. The number of likely N-dealkylation sites (N-methyl/N-ethyl adjacent to an activating group) is 1. The predicted molar refractivity (Wildman–Crippen MR) is 116 cm³/mol. The number of ether oxygens (including phenoxy) is 1.